The van der Waals surface area contributed by atoms with E-state index in [2.05, 4.69) is 16.4 Å². The summed E-state index contributed by atoms with van der Waals surface area (Å²) in [5.41, 5.74) is 5.32. The highest BCUT2D eigenvalue weighted by molar-refractivity contribution is 7.09. The molecule has 0 saturated carbocycles. The van der Waals surface area contributed by atoms with Gasteiger partial charge >= 0.3 is 0 Å². The predicted octanol–water partition coefficient (Wildman–Crippen LogP) is 4.40. The molecule has 5 heteroatoms. The normalized spacial score (nSPS) is 12.9. The van der Waals surface area contributed by atoms with E-state index >= 15 is 0 Å². The number of benzene rings is 2. The zero-order chi connectivity index (χ0) is 18.1. The molecule has 3 aromatic rings. The van der Waals surface area contributed by atoms with E-state index in [1.807, 2.05) is 55.1 Å². The number of carbonyl (C=O) groups excluding carboxylic acids is 1. The molecule has 4 rings (SSSR count). The standard InChI is InChI=1S/C21H20N2O2S/c1-14-5-3-4-6-20(14)25-12-21(24)23-10-9-17-11-16(7-8-19(17)23)18-13-26-15(2)22-18/h3-8,11,13H,9-10,12H2,1-2H3. The summed E-state index contributed by atoms with van der Waals surface area (Å²) in [6.07, 6.45) is 0.863. The van der Waals surface area contributed by atoms with Crippen LogP contribution in [0.4, 0.5) is 5.69 Å². The van der Waals surface area contributed by atoms with Gasteiger partial charge in [0.2, 0.25) is 0 Å². The quantitative estimate of drug-likeness (QED) is 0.689. The van der Waals surface area contributed by atoms with Gasteiger partial charge < -0.3 is 9.64 Å². The first-order chi connectivity index (χ1) is 12.6. The molecule has 0 fully saturated rings. The zero-order valence-electron chi connectivity index (χ0n) is 14.9. The minimum atomic E-state index is -0.00995. The van der Waals surface area contributed by atoms with E-state index in [0.717, 1.165) is 39.7 Å². The van der Waals surface area contributed by atoms with Crippen molar-refractivity contribution in [3.63, 3.8) is 0 Å². The molecular formula is C21H20N2O2S. The number of hydrogen-bond acceptors (Lipinski definition) is 4. The molecular weight excluding hydrogens is 344 g/mol. The molecule has 0 aliphatic carbocycles. The van der Waals surface area contributed by atoms with Gasteiger partial charge in [0.05, 0.1) is 10.7 Å². The highest BCUT2D eigenvalue weighted by Crippen LogP contribution is 2.33. The number of rotatable bonds is 4. The highest BCUT2D eigenvalue weighted by atomic mass is 32.1. The van der Waals surface area contributed by atoms with Crippen molar-refractivity contribution < 1.29 is 9.53 Å². The van der Waals surface area contributed by atoms with Gasteiger partial charge in [-0.1, -0.05) is 24.3 Å². The molecule has 26 heavy (non-hydrogen) atoms. The van der Waals surface area contributed by atoms with Gasteiger partial charge in [0.15, 0.2) is 6.61 Å². The third-order valence-corrected chi connectivity index (χ3v) is 5.41. The van der Waals surface area contributed by atoms with E-state index in [0.29, 0.717) is 6.54 Å². The zero-order valence-corrected chi connectivity index (χ0v) is 15.7. The van der Waals surface area contributed by atoms with Crippen LogP contribution in [-0.4, -0.2) is 24.0 Å². The molecule has 0 spiro atoms. The van der Waals surface area contributed by atoms with E-state index < -0.39 is 0 Å². The van der Waals surface area contributed by atoms with Crippen LogP contribution in [0.3, 0.4) is 0 Å². The van der Waals surface area contributed by atoms with Crippen molar-refractivity contribution in [2.45, 2.75) is 20.3 Å². The molecule has 0 atom stereocenters. The van der Waals surface area contributed by atoms with E-state index in [1.165, 1.54) is 5.56 Å². The third-order valence-electron chi connectivity index (χ3n) is 4.64. The van der Waals surface area contributed by atoms with Gasteiger partial charge in [0.25, 0.3) is 5.91 Å². The molecule has 1 amide bonds. The van der Waals surface area contributed by atoms with Crippen molar-refractivity contribution in [1.82, 2.24) is 4.98 Å². The number of carbonyl (C=O) groups is 1. The average Bonchev–Trinajstić information content (AvgIpc) is 3.26. The van der Waals surface area contributed by atoms with E-state index in [4.69, 9.17) is 4.74 Å². The van der Waals surface area contributed by atoms with Crippen LogP contribution in [0.25, 0.3) is 11.3 Å². The van der Waals surface area contributed by atoms with Crippen molar-refractivity contribution in [3.05, 3.63) is 64.0 Å². The number of para-hydroxylation sites is 1. The molecule has 0 bridgehead atoms. The smallest absolute Gasteiger partial charge is 0.264 e. The summed E-state index contributed by atoms with van der Waals surface area (Å²) in [4.78, 5) is 19.0. The van der Waals surface area contributed by atoms with Crippen LogP contribution in [-0.2, 0) is 11.2 Å². The minimum Gasteiger partial charge on any atom is -0.483 e. The molecule has 1 aliphatic rings. The van der Waals surface area contributed by atoms with Crippen LogP contribution in [0, 0.1) is 13.8 Å². The number of aryl methyl sites for hydroxylation is 2. The lowest BCUT2D eigenvalue weighted by atomic mass is 10.1. The van der Waals surface area contributed by atoms with Crippen molar-refractivity contribution in [3.8, 4) is 17.0 Å². The van der Waals surface area contributed by atoms with Crippen LogP contribution >= 0.6 is 11.3 Å². The number of hydrogen-bond donors (Lipinski definition) is 0. The van der Waals surface area contributed by atoms with Gasteiger partial charge in [0.1, 0.15) is 5.75 Å². The maximum absolute atomic E-state index is 12.6. The van der Waals surface area contributed by atoms with Crippen LogP contribution in [0.1, 0.15) is 16.1 Å². The molecule has 0 radical (unpaired) electrons. The molecule has 1 aliphatic heterocycles. The topological polar surface area (TPSA) is 42.4 Å². The number of anilines is 1. The van der Waals surface area contributed by atoms with Gasteiger partial charge in [-0.2, -0.15) is 0 Å². The van der Waals surface area contributed by atoms with Gasteiger partial charge in [-0.25, -0.2) is 4.98 Å². The Kier molecular flexibility index (Phi) is 4.47. The Morgan fingerprint density at radius 2 is 2.08 bits per heavy atom. The Balaban J connectivity index is 1.49. The summed E-state index contributed by atoms with van der Waals surface area (Å²) >= 11 is 1.65. The molecule has 132 valence electrons. The molecule has 2 heterocycles. The lowest BCUT2D eigenvalue weighted by Gasteiger charge is -2.18. The van der Waals surface area contributed by atoms with E-state index in [-0.39, 0.29) is 12.5 Å². The number of aromatic nitrogens is 1. The first kappa shape index (κ1) is 16.8. The number of amides is 1. The molecule has 1 aromatic heterocycles. The predicted molar refractivity (Wildman–Crippen MR) is 105 cm³/mol. The van der Waals surface area contributed by atoms with Gasteiger partial charge in [0, 0.05) is 23.2 Å². The van der Waals surface area contributed by atoms with Gasteiger partial charge in [-0.3, -0.25) is 4.79 Å². The van der Waals surface area contributed by atoms with Crippen LogP contribution in [0.2, 0.25) is 0 Å². The summed E-state index contributed by atoms with van der Waals surface area (Å²) in [6, 6.07) is 14.0. The van der Waals surface area contributed by atoms with Crippen molar-refractivity contribution in [2.24, 2.45) is 0 Å². The third kappa shape index (κ3) is 3.22. The van der Waals surface area contributed by atoms with Crippen molar-refractivity contribution in [2.75, 3.05) is 18.1 Å². The fourth-order valence-corrected chi connectivity index (χ4v) is 3.87. The second-order valence-corrected chi connectivity index (χ2v) is 7.51. The fraction of sp³-hybridized carbons (Fsp3) is 0.238. The molecule has 2 aromatic carbocycles. The minimum absolute atomic E-state index is 0.00995. The molecule has 0 unspecified atom stereocenters. The lowest BCUT2D eigenvalue weighted by molar-refractivity contribution is -0.120. The average molecular weight is 364 g/mol. The summed E-state index contributed by atoms with van der Waals surface area (Å²) in [6.45, 7) is 4.74. The monoisotopic (exact) mass is 364 g/mol. The summed E-state index contributed by atoms with van der Waals surface area (Å²) in [5, 5.41) is 3.14. The number of thiazole rings is 1. The Morgan fingerprint density at radius 1 is 1.23 bits per heavy atom. The van der Waals surface area contributed by atoms with Gasteiger partial charge in [-0.15, -0.1) is 11.3 Å². The first-order valence-electron chi connectivity index (χ1n) is 8.66. The Morgan fingerprint density at radius 3 is 2.85 bits per heavy atom. The van der Waals surface area contributed by atoms with Gasteiger partial charge in [-0.05, 0) is 49.6 Å². The summed E-state index contributed by atoms with van der Waals surface area (Å²) in [7, 11) is 0. The SMILES string of the molecule is Cc1nc(-c2ccc3c(c2)CCN3C(=O)COc2ccccc2C)cs1. The number of ether oxygens (including phenoxy) is 1. The number of nitrogens with zero attached hydrogens (tertiary/aromatic N) is 2. The van der Waals surface area contributed by atoms with Crippen LogP contribution in [0.5, 0.6) is 5.75 Å². The largest absolute Gasteiger partial charge is 0.483 e. The van der Waals surface area contributed by atoms with Crippen LogP contribution in [0.15, 0.2) is 47.8 Å². The van der Waals surface area contributed by atoms with Crippen LogP contribution < -0.4 is 9.64 Å². The van der Waals surface area contributed by atoms with E-state index in [1.54, 1.807) is 11.3 Å². The highest BCUT2D eigenvalue weighted by Gasteiger charge is 2.25. The second kappa shape index (κ2) is 6.92. The molecule has 4 nitrogen and oxygen atoms in total. The maximum atomic E-state index is 12.6. The van der Waals surface area contributed by atoms with Crippen molar-refractivity contribution in [1.29, 1.82) is 0 Å². The number of fused-ring (bicyclic) bond motifs is 1. The maximum Gasteiger partial charge on any atom is 0.264 e. The summed E-state index contributed by atoms with van der Waals surface area (Å²) < 4.78 is 5.72. The molecule has 0 saturated heterocycles. The first-order valence-corrected chi connectivity index (χ1v) is 9.54. The Bertz CT molecular complexity index is 964. The Labute approximate surface area is 157 Å². The van der Waals surface area contributed by atoms with Crippen molar-refractivity contribution >= 4 is 22.9 Å². The summed E-state index contributed by atoms with van der Waals surface area (Å²) in [5.74, 6) is 0.749. The van der Waals surface area contributed by atoms with E-state index in [9.17, 15) is 4.79 Å². The fourth-order valence-electron chi connectivity index (χ4n) is 3.25. The second-order valence-electron chi connectivity index (χ2n) is 6.44. The molecule has 0 N–H and O–H groups in total. The lowest BCUT2D eigenvalue weighted by Crippen LogP contribution is -2.33. The Hall–Kier alpha value is -2.66.